The molecule has 0 radical (unpaired) electrons. The van der Waals surface area contributed by atoms with E-state index < -0.39 is 27.6 Å². The van der Waals surface area contributed by atoms with Crippen molar-refractivity contribution in [3.05, 3.63) is 29.3 Å². The molecule has 7 rings (SSSR count). The van der Waals surface area contributed by atoms with Gasteiger partial charge >= 0.3 is 0 Å². The number of piperidine rings is 2. The normalized spacial score (nSPS) is 35.5. The highest BCUT2D eigenvalue weighted by atomic mass is 35.5. The van der Waals surface area contributed by atoms with Gasteiger partial charge in [-0.1, -0.05) is 18.0 Å². The molecule has 2 aliphatic carbocycles. The molecule has 10 heteroatoms. The third-order valence-corrected chi connectivity index (χ3v) is 13.1. The van der Waals surface area contributed by atoms with Crippen LogP contribution in [0.5, 0.6) is 0 Å². The lowest BCUT2D eigenvalue weighted by Crippen LogP contribution is -2.63. The number of hydrogen-bond acceptors (Lipinski definition) is 6. The van der Waals surface area contributed by atoms with Crippen LogP contribution in [0.3, 0.4) is 0 Å². The summed E-state index contributed by atoms with van der Waals surface area (Å²) in [4.78, 5) is 18.9. The van der Waals surface area contributed by atoms with E-state index in [9.17, 15) is 18.3 Å². The average molecular weight is 592 g/mol. The van der Waals surface area contributed by atoms with E-state index in [-0.39, 0.29) is 41.5 Å². The highest BCUT2D eigenvalue weighted by Crippen LogP contribution is 2.57. The SMILES string of the molecule is O=C(C(O)C1(C2COCC(C3CC3)N2S(=O)(=O)c2ccc(Cl)cc2)CC1)N1[C@@H]2CC[C@H]1C[C@H](N1CCCCC1)C2. The maximum absolute atomic E-state index is 14.2. The van der Waals surface area contributed by atoms with Crippen molar-refractivity contribution >= 4 is 27.5 Å². The summed E-state index contributed by atoms with van der Waals surface area (Å²) >= 11 is 6.07. The molecule has 6 aliphatic rings. The second-order valence-electron chi connectivity index (χ2n) is 13.2. The van der Waals surface area contributed by atoms with Crippen molar-refractivity contribution in [3.8, 4) is 0 Å². The number of hydrogen-bond donors (Lipinski definition) is 1. The van der Waals surface area contributed by atoms with Gasteiger partial charge < -0.3 is 19.6 Å². The third-order valence-electron chi connectivity index (χ3n) is 10.9. The molecule has 8 nitrogen and oxygen atoms in total. The number of ether oxygens (including phenoxy) is 1. The second-order valence-corrected chi connectivity index (χ2v) is 15.5. The van der Waals surface area contributed by atoms with Gasteiger partial charge in [0.1, 0.15) is 6.10 Å². The molecule has 3 unspecified atom stereocenters. The fourth-order valence-electron chi connectivity index (χ4n) is 8.41. The Labute approximate surface area is 243 Å². The molecule has 4 aliphatic heterocycles. The van der Waals surface area contributed by atoms with Crippen LogP contribution >= 0.6 is 11.6 Å². The summed E-state index contributed by atoms with van der Waals surface area (Å²) in [6, 6.07) is 6.32. The minimum Gasteiger partial charge on any atom is -0.383 e. The van der Waals surface area contributed by atoms with Gasteiger partial charge in [-0.05, 0) is 107 Å². The number of sulfonamides is 1. The molecule has 1 N–H and O–H groups in total. The molecule has 4 saturated heterocycles. The quantitative estimate of drug-likeness (QED) is 0.521. The van der Waals surface area contributed by atoms with Gasteiger partial charge in [-0.2, -0.15) is 4.31 Å². The van der Waals surface area contributed by atoms with E-state index in [0.717, 1.165) is 51.6 Å². The van der Waals surface area contributed by atoms with Gasteiger partial charge in [-0.25, -0.2) is 8.42 Å². The van der Waals surface area contributed by atoms with E-state index in [0.29, 0.717) is 30.5 Å². The zero-order valence-electron chi connectivity index (χ0n) is 23.2. The van der Waals surface area contributed by atoms with Crippen molar-refractivity contribution in [1.82, 2.24) is 14.1 Å². The van der Waals surface area contributed by atoms with Crippen LogP contribution in [0.1, 0.15) is 70.6 Å². The summed E-state index contributed by atoms with van der Waals surface area (Å²) in [6.07, 6.45) is 9.74. The van der Waals surface area contributed by atoms with E-state index in [1.54, 1.807) is 28.6 Å². The van der Waals surface area contributed by atoms with E-state index in [1.807, 2.05) is 4.90 Å². The Morgan fingerprint density at radius 3 is 2.20 bits per heavy atom. The molecule has 1 amide bonds. The molecule has 6 atom stereocenters. The molecule has 2 bridgehead atoms. The Morgan fingerprint density at radius 2 is 1.60 bits per heavy atom. The van der Waals surface area contributed by atoms with Crippen LogP contribution in [0.25, 0.3) is 0 Å². The minimum atomic E-state index is -3.89. The summed E-state index contributed by atoms with van der Waals surface area (Å²) < 4.78 is 36.0. The Balaban J connectivity index is 1.14. The molecule has 6 fully saturated rings. The van der Waals surface area contributed by atoms with Crippen molar-refractivity contribution in [3.63, 3.8) is 0 Å². The lowest BCUT2D eigenvalue weighted by molar-refractivity contribution is -0.154. The number of amides is 1. The van der Waals surface area contributed by atoms with Crippen LogP contribution in [0.4, 0.5) is 0 Å². The smallest absolute Gasteiger partial charge is 0.252 e. The average Bonchev–Trinajstić information content (AvgIpc) is 3.90. The Kier molecular flexibility index (Phi) is 7.24. The topological polar surface area (TPSA) is 90.4 Å². The number of rotatable bonds is 7. The van der Waals surface area contributed by atoms with Crippen molar-refractivity contribution in [1.29, 1.82) is 0 Å². The predicted octanol–water partition coefficient (Wildman–Crippen LogP) is 3.66. The van der Waals surface area contributed by atoms with Gasteiger partial charge in [0, 0.05) is 28.6 Å². The molecule has 0 aromatic heterocycles. The number of aliphatic hydroxyl groups excluding tert-OH is 1. The third kappa shape index (κ3) is 4.73. The Bertz CT molecular complexity index is 1200. The monoisotopic (exact) mass is 591 g/mol. The lowest BCUT2D eigenvalue weighted by Gasteiger charge is -2.48. The number of nitrogens with zero attached hydrogens (tertiary/aromatic N) is 3. The van der Waals surface area contributed by atoms with Gasteiger partial charge in [-0.3, -0.25) is 4.79 Å². The van der Waals surface area contributed by atoms with E-state index in [1.165, 1.54) is 19.3 Å². The minimum absolute atomic E-state index is 0.166. The van der Waals surface area contributed by atoms with Crippen LogP contribution in [-0.2, 0) is 19.6 Å². The molecular weight excluding hydrogens is 550 g/mol. The first-order chi connectivity index (χ1) is 19.3. The number of carbonyl (C=O) groups is 1. The van der Waals surface area contributed by atoms with Gasteiger partial charge in [0.25, 0.3) is 5.91 Å². The highest BCUT2D eigenvalue weighted by Gasteiger charge is 2.64. The van der Waals surface area contributed by atoms with Crippen molar-refractivity contribution in [2.24, 2.45) is 11.3 Å². The van der Waals surface area contributed by atoms with Crippen LogP contribution in [0.15, 0.2) is 29.2 Å². The number of fused-ring (bicyclic) bond motifs is 2. The van der Waals surface area contributed by atoms with E-state index in [2.05, 4.69) is 4.90 Å². The summed E-state index contributed by atoms with van der Waals surface area (Å²) in [5.41, 5.74) is -0.812. The van der Waals surface area contributed by atoms with Gasteiger partial charge in [0.2, 0.25) is 10.0 Å². The molecular formula is C30H42ClN3O5S. The summed E-state index contributed by atoms with van der Waals surface area (Å²) in [7, 11) is -3.89. The fraction of sp³-hybridized carbons (Fsp3) is 0.767. The van der Waals surface area contributed by atoms with Crippen LogP contribution in [0, 0.1) is 11.3 Å². The number of morpholine rings is 1. The number of carbonyl (C=O) groups excluding carboxylic acids is 1. The molecule has 1 aromatic rings. The molecule has 220 valence electrons. The maximum Gasteiger partial charge on any atom is 0.252 e. The first-order valence-corrected chi connectivity index (χ1v) is 17.2. The number of halogens is 1. The summed E-state index contributed by atoms with van der Waals surface area (Å²) in [6.45, 7) is 2.86. The number of likely N-dealkylation sites (tertiary alicyclic amines) is 1. The lowest BCUT2D eigenvalue weighted by atomic mass is 9.86. The van der Waals surface area contributed by atoms with Crippen molar-refractivity contribution in [2.45, 2.75) is 112 Å². The molecule has 4 heterocycles. The van der Waals surface area contributed by atoms with Gasteiger partial charge in [0.15, 0.2) is 0 Å². The predicted molar refractivity (Wildman–Crippen MR) is 151 cm³/mol. The molecule has 0 spiro atoms. The number of benzene rings is 1. The van der Waals surface area contributed by atoms with Crippen LogP contribution < -0.4 is 0 Å². The van der Waals surface area contributed by atoms with Crippen molar-refractivity contribution < 1.29 is 23.1 Å². The Morgan fingerprint density at radius 1 is 0.950 bits per heavy atom. The van der Waals surface area contributed by atoms with Crippen LogP contribution in [-0.4, -0.2) is 96.2 Å². The summed E-state index contributed by atoms with van der Waals surface area (Å²) in [5.74, 6) is 0.0534. The van der Waals surface area contributed by atoms with Crippen LogP contribution in [0.2, 0.25) is 5.02 Å². The highest BCUT2D eigenvalue weighted by molar-refractivity contribution is 7.89. The van der Waals surface area contributed by atoms with E-state index >= 15 is 0 Å². The summed E-state index contributed by atoms with van der Waals surface area (Å²) in [5, 5.41) is 12.3. The van der Waals surface area contributed by atoms with E-state index in [4.69, 9.17) is 16.3 Å². The number of aliphatic hydroxyl groups is 1. The standard InChI is InChI=1S/C30H42ClN3O5S/c31-21-6-10-25(11-7-21)40(37,38)34-26(20-4-5-20)18-39-19-27(34)30(12-13-30)28(35)29(36)33-22-8-9-23(33)17-24(16-22)32-14-2-1-3-15-32/h6-7,10-11,20,22-24,26-28,35H,1-5,8-9,12-19H2/t22-,23+,24-,26?,27?,28?. The maximum atomic E-state index is 14.2. The second kappa shape index (κ2) is 10.5. The fourth-order valence-corrected chi connectivity index (χ4v) is 10.5. The zero-order chi connectivity index (χ0) is 27.6. The zero-order valence-corrected chi connectivity index (χ0v) is 24.7. The first kappa shape index (κ1) is 27.6. The van der Waals surface area contributed by atoms with Gasteiger partial charge in [-0.15, -0.1) is 0 Å². The van der Waals surface area contributed by atoms with Gasteiger partial charge in [0.05, 0.1) is 30.2 Å². The first-order valence-electron chi connectivity index (χ1n) is 15.4. The Hall–Kier alpha value is -1.23. The molecule has 1 aromatic carbocycles. The largest absolute Gasteiger partial charge is 0.383 e. The molecule has 40 heavy (non-hydrogen) atoms. The van der Waals surface area contributed by atoms with Crippen molar-refractivity contribution in [2.75, 3.05) is 26.3 Å². The molecule has 2 saturated carbocycles.